The summed E-state index contributed by atoms with van der Waals surface area (Å²) in [5.74, 6) is 5.50. The molecule has 1 N–H and O–H groups in total. The van der Waals surface area contributed by atoms with Gasteiger partial charge in [-0.2, -0.15) is 0 Å². The van der Waals surface area contributed by atoms with Crippen LogP contribution in [0, 0.1) is 46.3 Å². The molecule has 4 aliphatic rings. The molecule has 0 aliphatic heterocycles. The first kappa shape index (κ1) is 52.6. The van der Waals surface area contributed by atoms with Gasteiger partial charge in [-0.05, 0) is 195 Å². The fourth-order valence-corrected chi connectivity index (χ4v) is 15.2. The average molecular weight is 862 g/mol. The van der Waals surface area contributed by atoms with Crippen molar-refractivity contribution in [2.75, 3.05) is 46.6 Å². The third kappa shape index (κ3) is 16.4. The summed E-state index contributed by atoms with van der Waals surface area (Å²) >= 11 is 0. The van der Waals surface area contributed by atoms with Gasteiger partial charge in [-0.15, -0.1) is 0 Å². The van der Waals surface area contributed by atoms with Crippen LogP contribution in [0.25, 0.3) is 0 Å². The van der Waals surface area contributed by atoms with Gasteiger partial charge in [0.05, 0.1) is 6.10 Å². The SMILES string of the molecule is CCCCCCCCOC(CCCCCCC)O[Si](C)(C)OCCCCCCN(CCCCO)CCC[C@@H](C)C1CCC2C3CCC4C[C@H](OC)CC[C@]4(C)C3CC[C@@]21C. The topological polar surface area (TPSA) is 60.4 Å². The maximum absolute atomic E-state index is 9.53. The van der Waals surface area contributed by atoms with Crippen LogP contribution in [0.5, 0.6) is 0 Å². The van der Waals surface area contributed by atoms with Gasteiger partial charge < -0.3 is 28.3 Å². The maximum atomic E-state index is 9.53. The number of ether oxygens (including phenoxy) is 2. The Morgan fingerprint density at radius 1 is 0.650 bits per heavy atom. The summed E-state index contributed by atoms with van der Waals surface area (Å²) in [6.45, 7) is 22.5. The van der Waals surface area contributed by atoms with Gasteiger partial charge in [-0.1, -0.05) is 105 Å². The normalized spacial score (nSPS) is 30.3. The van der Waals surface area contributed by atoms with Crippen molar-refractivity contribution in [3.05, 3.63) is 0 Å². The summed E-state index contributed by atoms with van der Waals surface area (Å²) in [5, 5.41) is 9.53. The molecule has 4 rings (SSSR count). The molecule has 0 aromatic rings. The van der Waals surface area contributed by atoms with Crippen LogP contribution in [0.1, 0.15) is 221 Å². The lowest BCUT2D eigenvalue weighted by Crippen LogP contribution is -2.54. The summed E-state index contributed by atoms with van der Waals surface area (Å²) in [5.41, 5.74) is 1.11. The van der Waals surface area contributed by atoms with E-state index in [2.05, 4.69) is 52.6 Å². The second-order valence-electron chi connectivity index (χ2n) is 22.0. The van der Waals surface area contributed by atoms with Crippen molar-refractivity contribution < 1.29 is 23.4 Å². The van der Waals surface area contributed by atoms with E-state index in [-0.39, 0.29) is 6.29 Å². The molecule has 0 aromatic carbocycles. The van der Waals surface area contributed by atoms with Gasteiger partial charge >= 0.3 is 8.56 Å². The molecule has 7 heteroatoms. The van der Waals surface area contributed by atoms with E-state index in [9.17, 15) is 5.11 Å². The van der Waals surface area contributed by atoms with E-state index in [1.807, 2.05) is 7.11 Å². The minimum absolute atomic E-state index is 0.114. The molecule has 0 bridgehead atoms. The second-order valence-corrected chi connectivity index (χ2v) is 25.3. The highest BCUT2D eigenvalue weighted by Crippen LogP contribution is 2.68. The molecule has 0 radical (unpaired) electrons. The Bertz CT molecular complexity index is 1110. The number of hydrogen-bond acceptors (Lipinski definition) is 6. The lowest BCUT2D eigenvalue weighted by molar-refractivity contribution is -0.133. The number of aliphatic hydroxyl groups is 1. The lowest BCUT2D eigenvalue weighted by atomic mass is 9.44. The van der Waals surface area contributed by atoms with Crippen LogP contribution < -0.4 is 0 Å². The third-order valence-electron chi connectivity index (χ3n) is 17.3. The van der Waals surface area contributed by atoms with Gasteiger partial charge in [-0.3, -0.25) is 0 Å². The van der Waals surface area contributed by atoms with Crippen LogP contribution >= 0.6 is 0 Å². The van der Waals surface area contributed by atoms with E-state index in [1.165, 1.54) is 167 Å². The largest absolute Gasteiger partial charge is 0.396 e. The first-order valence-electron chi connectivity index (χ1n) is 26.8. The van der Waals surface area contributed by atoms with Gasteiger partial charge in [0.25, 0.3) is 0 Å². The fraction of sp³-hybridized carbons (Fsp3) is 1.00. The highest BCUT2D eigenvalue weighted by atomic mass is 28.4. The first-order valence-corrected chi connectivity index (χ1v) is 29.6. The first-order chi connectivity index (χ1) is 29.0. The molecule has 0 spiro atoms. The van der Waals surface area contributed by atoms with E-state index in [0.29, 0.717) is 23.5 Å². The third-order valence-corrected chi connectivity index (χ3v) is 19.0. The number of fused-ring (bicyclic) bond motifs is 5. The van der Waals surface area contributed by atoms with Crippen LogP contribution in [0.3, 0.4) is 0 Å². The number of aliphatic hydroxyl groups excluding tert-OH is 1. The Labute approximate surface area is 374 Å². The van der Waals surface area contributed by atoms with Crippen molar-refractivity contribution in [2.45, 2.75) is 246 Å². The van der Waals surface area contributed by atoms with Crippen molar-refractivity contribution in [3.8, 4) is 0 Å². The minimum atomic E-state index is -2.26. The number of rotatable bonds is 34. The van der Waals surface area contributed by atoms with E-state index < -0.39 is 8.56 Å². The molecule has 4 fully saturated rings. The zero-order valence-electron chi connectivity index (χ0n) is 41.4. The molecular weight excluding hydrogens is 759 g/mol. The van der Waals surface area contributed by atoms with Crippen LogP contribution in [-0.4, -0.2) is 77.5 Å². The molecule has 60 heavy (non-hydrogen) atoms. The standard InChI is InChI=1S/C53H103NO5Si/c1-9-11-13-15-18-24-41-57-51(28-20-16-14-12-10-2)59-60(7,8)58-42-25-19-17-21-37-54(38-22-23-40-55)39-26-27-44(3)48-31-32-49-47-30-29-45-43-46(56-6)33-35-52(45,4)50(47)34-36-53(48,49)5/h44-51,55H,9-43H2,1-8H3/t44-,45?,46-,47?,48?,49?,50?,51?,52+,53-/m1/s1. The quantitative estimate of drug-likeness (QED) is 0.0395. The van der Waals surface area contributed by atoms with Crippen LogP contribution in [0.4, 0.5) is 0 Å². The predicted octanol–water partition coefficient (Wildman–Crippen LogP) is 14.5. The van der Waals surface area contributed by atoms with Crippen LogP contribution in [0.15, 0.2) is 0 Å². The maximum Gasteiger partial charge on any atom is 0.333 e. The molecule has 354 valence electrons. The zero-order chi connectivity index (χ0) is 43.3. The molecule has 0 saturated heterocycles. The summed E-state index contributed by atoms with van der Waals surface area (Å²) in [6.07, 6.45) is 37.9. The summed E-state index contributed by atoms with van der Waals surface area (Å²) in [6, 6.07) is 0. The van der Waals surface area contributed by atoms with Gasteiger partial charge in [0, 0.05) is 26.9 Å². The molecule has 10 atom stereocenters. The number of nitrogens with zero attached hydrogens (tertiary/aromatic N) is 1. The van der Waals surface area contributed by atoms with Gasteiger partial charge in [-0.25, -0.2) is 0 Å². The highest BCUT2D eigenvalue weighted by Gasteiger charge is 2.60. The van der Waals surface area contributed by atoms with Crippen molar-refractivity contribution in [3.63, 3.8) is 0 Å². The minimum Gasteiger partial charge on any atom is -0.396 e. The van der Waals surface area contributed by atoms with Crippen molar-refractivity contribution in [1.29, 1.82) is 0 Å². The summed E-state index contributed by atoms with van der Waals surface area (Å²) in [7, 11) is -0.318. The Kier molecular flexibility index (Phi) is 24.6. The Balaban J connectivity index is 1.14. The van der Waals surface area contributed by atoms with Crippen LogP contribution in [-0.2, 0) is 18.3 Å². The van der Waals surface area contributed by atoms with Crippen molar-refractivity contribution in [2.24, 2.45) is 46.3 Å². The Hall–Kier alpha value is -0.0231. The van der Waals surface area contributed by atoms with Gasteiger partial charge in [0.1, 0.15) is 6.29 Å². The number of hydrogen-bond donors (Lipinski definition) is 1. The van der Waals surface area contributed by atoms with Crippen LogP contribution in [0.2, 0.25) is 13.1 Å². The smallest absolute Gasteiger partial charge is 0.333 e. The molecule has 4 aliphatic carbocycles. The van der Waals surface area contributed by atoms with E-state index >= 15 is 0 Å². The van der Waals surface area contributed by atoms with Gasteiger partial charge in [0.2, 0.25) is 0 Å². The molecule has 4 saturated carbocycles. The van der Waals surface area contributed by atoms with E-state index in [1.54, 1.807) is 0 Å². The second kappa shape index (κ2) is 28.1. The Morgan fingerprint density at radius 2 is 1.27 bits per heavy atom. The van der Waals surface area contributed by atoms with Crippen molar-refractivity contribution in [1.82, 2.24) is 4.90 Å². The molecule has 0 amide bonds. The highest BCUT2D eigenvalue weighted by molar-refractivity contribution is 6.64. The zero-order valence-corrected chi connectivity index (χ0v) is 42.4. The average Bonchev–Trinajstić information content (AvgIpc) is 3.59. The summed E-state index contributed by atoms with van der Waals surface area (Å²) < 4.78 is 25.3. The van der Waals surface area contributed by atoms with E-state index in [4.69, 9.17) is 18.3 Å². The Morgan fingerprint density at radius 3 is 1.98 bits per heavy atom. The molecule has 0 heterocycles. The number of methoxy groups -OCH3 is 1. The molecule has 0 aromatic heterocycles. The molecular formula is C53H103NO5Si. The fourth-order valence-electron chi connectivity index (χ4n) is 13.7. The number of unbranched alkanes of at least 4 members (excludes halogenated alkanes) is 13. The van der Waals surface area contributed by atoms with E-state index in [0.717, 1.165) is 87.4 Å². The lowest BCUT2D eigenvalue weighted by Gasteiger charge is -2.61. The monoisotopic (exact) mass is 862 g/mol. The molecule has 6 unspecified atom stereocenters. The molecule has 6 nitrogen and oxygen atoms in total. The summed E-state index contributed by atoms with van der Waals surface area (Å²) in [4.78, 5) is 2.73. The van der Waals surface area contributed by atoms with Gasteiger partial charge in [0.15, 0.2) is 0 Å². The predicted molar refractivity (Wildman–Crippen MR) is 257 cm³/mol. The van der Waals surface area contributed by atoms with Crippen molar-refractivity contribution >= 4 is 8.56 Å².